The highest BCUT2D eigenvalue weighted by Gasteiger charge is 2.28. The number of carbonyl (C=O) groups excluding carboxylic acids is 1. The first-order valence-electron chi connectivity index (χ1n) is 9.58. The number of amides is 1. The maximum atomic E-state index is 12.9. The molecule has 2 saturated heterocycles. The van der Waals surface area contributed by atoms with Gasteiger partial charge in [-0.2, -0.15) is 0 Å². The van der Waals surface area contributed by atoms with E-state index in [0.29, 0.717) is 12.5 Å². The van der Waals surface area contributed by atoms with E-state index < -0.39 is 0 Å². The zero-order valence-electron chi connectivity index (χ0n) is 15.2. The van der Waals surface area contributed by atoms with Gasteiger partial charge in [0.1, 0.15) is 5.76 Å². The van der Waals surface area contributed by atoms with Crippen LogP contribution in [-0.4, -0.2) is 53.1 Å². The van der Waals surface area contributed by atoms with Crippen LogP contribution in [-0.2, 0) is 11.2 Å². The number of carbonyl (C=O) groups is 1. The highest BCUT2D eigenvalue weighted by Crippen LogP contribution is 2.23. The topological polar surface area (TPSA) is 49.6 Å². The van der Waals surface area contributed by atoms with Gasteiger partial charge in [0.05, 0.1) is 12.1 Å². The van der Waals surface area contributed by atoms with Gasteiger partial charge in [0.15, 0.2) is 0 Å². The van der Waals surface area contributed by atoms with Crippen LogP contribution in [0.1, 0.15) is 62.0 Å². The second-order valence-electron chi connectivity index (χ2n) is 7.41. The third-order valence-electron chi connectivity index (χ3n) is 5.68. The predicted octanol–water partition coefficient (Wildman–Crippen LogP) is 3.09. The molecule has 1 unspecified atom stereocenters. The molecule has 1 aromatic heterocycles. The molecule has 5 nitrogen and oxygen atoms in total. The van der Waals surface area contributed by atoms with Crippen LogP contribution in [0.4, 0.5) is 0 Å². The van der Waals surface area contributed by atoms with E-state index in [2.05, 4.69) is 15.0 Å². The Balaban J connectivity index is 1.57. The van der Waals surface area contributed by atoms with E-state index in [-0.39, 0.29) is 5.91 Å². The number of aromatic nitrogens is 1. The number of piperidine rings is 2. The van der Waals surface area contributed by atoms with E-state index in [1.807, 2.05) is 13.8 Å². The molecule has 0 spiro atoms. The summed E-state index contributed by atoms with van der Waals surface area (Å²) in [6, 6.07) is 0.411. The van der Waals surface area contributed by atoms with Crippen LogP contribution in [0.15, 0.2) is 4.52 Å². The molecule has 0 aromatic carbocycles. The molecule has 0 radical (unpaired) electrons. The Morgan fingerprint density at radius 1 is 1.12 bits per heavy atom. The Hall–Kier alpha value is -1.36. The van der Waals surface area contributed by atoms with Crippen LogP contribution < -0.4 is 0 Å². The van der Waals surface area contributed by atoms with Gasteiger partial charge in [-0.15, -0.1) is 0 Å². The van der Waals surface area contributed by atoms with Crippen molar-refractivity contribution in [3.8, 4) is 0 Å². The molecule has 1 aromatic rings. The first-order valence-corrected chi connectivity index (χ1v) is 9.58. The smallest absolute Gasteiger partial charge is 0.227 e. The SMILES string of the molecule is Cc1noc(C)c1CC(=O)N1CCCCC1CCN1CCCCC1. The van der Waals surface area contributed by atoms with E-state index >= 15 is 0 Å². The fourth-order valence-electron chi connectivity index (χ4n) is 4.15. The Morgan fingerprint density at radius 2 is 1.88 bits per heavy atom. The van der Waals surface area contributed by atoms with Crippen molar-refractivity contribution < 1.29 is 9.32 Å². The molecule has 0 aliphatic carbocycles. The summed E-state index contributed by atoms with van der Waals surface area (Å²) < 4.78 is 5.21. The molecule has 1 amide bonds. The number of hydrogen-bond donors (Lipinski definition) is 0. The molecule has 2 fully saturated rings. The summed E-state index contributed by atoms with van der Waals surface area (Å²) in [6.07, 6.45) is 9.13. The molecule has 3 rings (SSSR count). The van der Waals surface area contributed by atoms with Crippen LogP contribution in [0.5, 0.6) is 0 Å². The van der Waals surface area contributed by atoms with Crippen molar-refractivity contribution >= 4 is 5.91 Å². The first kappa shape index (κ1) is 17.5. The maximum Gasteiger partial charge on any atom is 0.227 e. The van der Waals surface area contributed by atoms with Crippen molar-refractivity contribution in [2.45, 2.75) is 71.3 Å². The fraction of sp³-hybridized carbons (Fsp3) is 0.789. The number of hydrogen-bond acceptors (Lipinski definition) is 4. The van der Waals surface area contributed by atoms with Gasteiger partial charge in [-0.3, -0.25) is 4.79 Å². The van der Waals surface area contributed by atoms with Crippen LogP contribution in [0.3, 0.4) is 0 Å². The molecule has 2 aliphatic rings. The second-order valence-corrected chi connectivity index (χ2v) is 7.41. The largest absolute Gasteiger partial charge is 0.361 e. The van der Waals surface area contributed by atoms with E-state index in [9.17, 15) is 4.79 Å². The molecule has 0 N–H and O–H groups in total. The average Bonchev–Trinajstić information content (AvgIpc) is 2.93. The molecular weight excluding hydrogens is 302 g/mol. The van der Waals surface area contributed by atoms with Crippen LogP contribution in [0, 0.1) is 13.8 Å². The normalized spacial score (nSPS) is 22.8. The number of likely N-dealkylation sites (tertiary alicyclic amines) is 2. The Labute approximate surface area is 145 Å². The summed E-state index contributed by atoms with van der Waals surface area (Å²) in [6.45, 7) is 8.34. The minimum atomic E-state index is 0.243. The van der Waals surface area contributed by atoms with Gasteiger partial charge in [-0.1, -0.05) is 11.6 Å². The Bertz CT molecular complexity index is 529. The van der Waals surface area contributed by atoms with Gasteiger partial charge in [-0.25, -0.2) is 0 Å². The van der Waals surface area contributed by atoms with Gasteiger partial charge in [0.2, 0.25) is 5.91 Å². The molecule has 2 aliphatic heterocycles. The van der Waals surface area contributed by atoms with Crippen molar-refractivity contribution in [1.29, 1.82) is 0 Å². The average molecular weight is 333 g/mol. The zero-order chi connectivity index (χ0) is 16.9. The van der Waals surface area contributed by atoms with Crippen molar-refractivity contribution in [3.05, 3.63) is 17.0 Å². The zero-order valence-corrected chi connectivity index (χ0v) is 15.2. The predicted molar refractivity (Wildman–Crippen MR) is 93.9 cm³/mol. The third kappa shape index (κ3) is 4.18. The minimum absolute atomic E-state index is 0.243. The Kier molecular flexibility index (Phi) is 5.93. The van der Waals surface area contributed by atoms with E-state index in [4.69, 9.17) is 4.52 Å². The van der Waals surface area contributed by atoms with Gasteiger partial charge in [-0.05, 0) is 65.5 Å². The highest BCUT2D eigenvalue weighted by molar-refractivity contribution is 5.79. The monoisotopic (exact) mass is 333 g/mol. The van der Waals surface area contributed by atoms with Crippen molar-refractivity contribution in [2.24, 2.45) is 0 Å². The molecule has 0 bridgehead atoms. The standard InChI is InChI=1S/C19H31N3O2/c1-15-18(16(2)24-20-15)14-19(23)22-12-7-4-8-17(22)9-13-21-10-5-3-6-11-21/h17H,3-14H2,1-2H3. The number of rotatable bonds is 5. The lowest BCUT2D eigenvalue weighted by Gasteiger charge is -2.37. The summed E-state index contributed by atoms with van der Waals surface area (Å²) >= 11 is 0. The molecule has 0 saturated carbocycles. The maximum absolute atomic E-state index is 12.9. The van der Waals surface area contributed by atoms with Crippen molar-refractivity contribution in [1.82, 2.24) is 15.0 Å². The quantitative estimate of drug-likeness (QED) is 0.831. The fourth-order valence-corrected chi connectivity index (χ4v) is 4.15. The Morgan fingerprint density at radius 3 is 2.58 bits per heavy atom. The second kappa shape index (κ2) is 8.15. The number of aryl methyl sites for hydroxylation is 2. The van der Waals surface area contributed by atoms with Crippen LogP contribution in [0.2, 0.25) is 0 Å². The van der Waals surface area contributed by atoms with E-state index in [1.165, 1.54) is 38.8 Å². The minimum Gasteiger partial charge on any atom is -0.361 e. The van der Waals surface area contributed by atoms with E-state index in [1.54, 1.807) is 0 Å². The summed E-state index contributed by atoms with van der Waals surface area (Å²) in [7, 11) is 0. The van der Waals surface area contributed by atoms with E-state index in [0.717, 1.165) is 49.4 Å². The highest BCUT2D eigenvalue weighted by atomic mass is 16.5. The van der Waals surface area contributed by atoms with Crippen LogP contribution >= 0.6 is 0 Å². The molecule has 134 valence electrons. The van der Waals surface area contributed by atoms with Crippen LogP contribution in [0.25, 0.3) is 0 Å². The van der Waals surface area contributed by atoms with Crippen molar-refractivity contribution in [2.75, 3.05) is 26.2 Å². The molecular formula is C19H31N3O2. The number of nitrogens with zero attached hydrogens (tertiary/aromatic N) is 3. The first-order chi connectivity index (χ1) is 11.6. The summed E-state index contributed by atoms with van der Waals surface area (Å²) in [5, 5.41) is 3.98. The van der Waals surface area contributed by atoms with Gasteiger partial charge in [0.25, 0.3) is 0 Å². The lowest BCUT2D eigenvalue weighted by Crippen LogP contribution is -2.46. The van der Waals surface area contributed by atoms with Gasteiger partial charge >= 0.3 is 0 Å². The van der Waals surface area contributed by atoms with Crippen molar-refractivity contribution in [3.63, 3.8) is 0 Å². The summed E-state index contributed by atoms with van der Waals surface area (Å²) in [5.74, 6) is 1.02. The molecule has 3 heterocycles. The van der Waals surface area contributed by atoms with Gasteiger partial charge in [0, 0.05) is 24.7 Å². The molecule has 1 atom stereocenters. The lowest BCUT2D eigenvalue weighted by molar-refractivity contribution is -0.134. The molecule has 24 heavy (non-hydrogen) atoms. The lowest BCUT2D eigenvalue weighted by atomic mass is 9.97. The summed E-state index contributed by atoms with van der Waals surface area (Å²) in [4.78, 5) is 17.6. The van der Waals surface area contributed by atoms with Gasteiger partial charge < -0.3 is 14.3 Å². The third-order valence-corrected chi connectivity index (χ3v) is 5.68. The summed E-state index contributed by atoms with van der Waals surface area (Å²) in [5.41, 5.74) is 1.82. The molecule has 5 heteroatoms.